The number of anilines is 1. The first kappa shape index (κ1) is 23.1. The van der Waals surface area contributed by atoms with Gasteiger partial charge in [-0.25, -0.2) is 4.98 Å². The number of benzene rings is 1. The zero-order chi connectivity index (χ0) is 23.8. The van der Waals surface area contributed by atoms with Crippen molar-refractivity contribution in [3.63, 3.8) is 0 Å². The first-order chi connectivity index (χ1) is 16.4. The van der Waals surface area contributed by atoms with Gasteiger partial charge in [-0.1, -0.05) is 23.7 Å². The fourth-order valence-corrected chi connectivity index (χ4v) is 6.02. The van der Waals surface area contributed by atoms with E-state index < -0.39 is 0 Å². The topological polar surface area (TPSA) is 82.8 Å². The molecule has 3 aliphatic heterocycles. The minimum absolute atomic E-state index is 0.0787. The lowest BCUT2D eigenvalue weighted by molar-refractivity contribution is -0.119. The van der Waals surface area contributed by atoms with Gasteiger partial charge < -0.3 is 15.5 Å². The molecule has 34 heavy (non-hydrogen) atoms. The van der Waals surface area contributed by atoms with Gasteiger partial charge >= 0.3 is 0 Å². The van der Waals surface area contributed by atoms with Crippen LogP contribution in [0.25, 0.3) is 0 Å². The number of pyridine rings is 1. The molecule has 7 nitrogen and oxygen atoms in total. The predicted molar refractivity (Wildman–Crippen MR) is 133 cm³/mol. The quantitative estimate of drug-likeness (QED) is 0.684. The van der Waals surface area contributed by atoms with Crippen molar-refractivity contribution in [1.29, 1.82) is 0 Å². The van der Waals surface area contributed by atoms with Crippen molar-refractivity contribution < 1.29 is 9.59 Å². The number of hydrogen-bond acceptors (Lipinski definition) is 5. The monoisotopic (exact) mass is 481 g/mol. The second kappa shape index (κ2) is 9.55. The minimum atomic E-state index is -0.318. The molecule has 1 aromatic carbocycles. The summed E-state index contributed by atoms with van der Waals surface area (Å²) < 4.78 is 0. The van der Waals surface area contributed by atoms with E-state index in [1.54, 1.807) is 6.20 Å². The lowest BCUT2D eigenvalue weighted by Crippen LogP contribution is -2.36. The zero-order valence-corrected chi connectivity index (χ0v) is 20.4. The van der Waals surface area contributed by atoms with E-state index in [1.165, 1.54) is 0 Å². The van der Waals surface area contributed by atoms with Gasteiger partial charge in [-0.15, -0.1) is 0 Å². The van der Waals surface area contributed by atoms with Crippen molar-refractivity contribution in [3.05, 3.63) is 58.2 Å². The molecule has 5 rings (SSSR count). The van der Waals surface area contributed by atoms with Crippen LogP contribution in [0.15, 0.2) is 36.5 Å². The summed E-state index contributed by atoms with van der Waals surface area (Å²) in [5.41, 5.74) is 8.36. The van der Waals surface area contributed by atoms with E-state index in [1.807, 2.05) is 42.2 Å². The van der Waals surface area contributed by atoms with E-state index in [0.29, 0.717) is 22.4 Å². The van der Waals surface area contributed by atoms with Crippen LogP contribution in [-0.2, 0) is 4.79 Å². The van der Waals surface area contributed by atoms with Crippen LogP contribution in [-0.4, -0.2) is 65.9 Å². The van der Waals surface area contributed by atoms with Crippen molar-refractivity contribution in [2.45, 2.75) is 32.2 Å². The summed E-state index contributed by atoms with van der Waals surface area (Å²) in [6.45, 7) is 7.02. The first-order valence-corrected chi connectivity index (χ1v) is 12.6. The standard InChI is InChI=1S/C26H32ClN5O2/c1-17-6-7-18(11-22(17)27)23(12-24(28)33)31-13-19-15-32(16-20(19)14-31)26(34)21-5-4-8-29-25(21)30-9-2-3-10-30/h4-8,11,19-20,23H,2-3,9-10,12-16H2,1H3,(H2,28,33). The number of likely N-dealkylation sites (tertiary alicyclic amines) is 2. The van der Waals surface area contributed by atoms with Crippen LogP contribution >= 0.6 is 11.6 Å². The molecule has 0 radical (unpaired) electrons. The molecular formula is C26H32ClN5O2. The Morgan fingerprint density at radius 1 is 1.12 bits per heavy atom. The molecule has 3 saturated heterocycles. The Bertz CT molecular complexity index is 1070. The van der Waals surface area contributed by atoms with Gasteiger partial charge in [0.25, 0.3) is 5.91 Å². The third-order valence-electron chi connectivity index (χ3n) is 7.64. The molecule has 0 aliphatic carbocycles. The van der Waals surface area contributed by atoms with Crippen molar-refractivity contribution in [3.8, 4) is 0 Å². The van der Waals surface area contributed by atoms with E-state index >= 15 is 0 Å². The van der Waals surface area contributed by atoms with E-state index in [2.05, 4.69) is 14.8 Å². The molecule has 0 bridgehead atoms. The summed E-state index contributed by atoms with van der Waals surface area (Å²) in [4.78, 5) is 36.5. The molecular weight excluding hydrogens is 450 g/mol. The van der Waals surface area contributed by atoms with Gasteiger partial charge in [-0.2, -0.15) is 0 Å². The SMILES string of the molecule is Cc1ccc(C(CC(N)=O)N2CC3CN(C(=O)c4cccnc4N4CCCC4)CC3C2)cc1Cl. The van der Waals surface area contributed by atoms with Crippen LogP contribution in [0.2, 0.25) is 5.02 Å². The number of hydrogen-bond donors (Lipinski definition) is 1. The minimum Gasteiger partial charge on any atom is -0.370 e. The van der Waals surface area contributed by atoms with E-state index in [0.717, 1.165) is 69.1 Å². The molecule has 180 valence electrons. The number of aryl methyl sites for hydroxylation is 1. The van der Waals surface area contributed by atoms with Gasteiger partial charge in [0, 0.05) is 63.0 Å². The summed E-state index contributed by atoms with van der Waals surface area (Å²) in [5.74, 6) is 1.34. The highest BCUT2D eigenvalue weighted by Crippen LogP contribution is 2.38. The highest BCUT2D eigenvalue weighted by Gasteiger charge is 2.44. The Balaban J connectivity index is 1.29. The maximum absolute atomic E-state index is 13.5. The molecule has 2 N–H and O–H groups in total. The molecule has 2 amide bonds. The van der Waals surface area contributed by atoms with E-state index in [4.69, 9.17) is 17.3 Å². The average Bonchev–Trinajstić information content (AvgIpc) is 3.56. The summed E-state index contributed by atoms with van der Waals surface area (Å²) in [6.07, 6.45) is 4.33. The van der Waals surface area contributed by atoms with Gasteiger partial charge in [-0.3, -0.25) is 14.5 Å². The molecule has 0 saturated carbocycles. The number of rotatable bonds is 6. The van der Waals surface area contributed by atoms with Gasteiger partial charge in [0.15, 0.2) is 0 Å². The van der Waals surface area contributed by atoms with Crippen LogP contribution in [0.1, 0.15) is 46.8 Å². The Hall–Kier alpha value is -2.64. The zero-order valence-electron chi connectivity index (χ0n) is 19.6. The number of primary amides is 1. The Labute approximate surface area is 205 Å². The van der Waals surface area contributed by atoms with E-state index in [9.17, 15) is 9.59 Å². The summed E-state index contributed by atoms with van der Waals surface area (Å²) in [6, 6.07) is 9.66. The molecule has 1 aromatic heterocycles. The third-order valence-corrected chi connectivity index (χ3v) is 8.05. The smallest absolute Gasteiger partial charge is 0.257 e. The molecule has 8 heteroatoms. The second-order valence-electron chi connectivity index (χ2n) is 9.95. The van der Waals surface area contributed by atoms with Crippen molar-refractivity contribution in [1.82, 2.24) is 14.8 Å². The summed E-state index contributed by atoms with van der Waals surface area (Å²) >= 11 is 6.38. The maximum Gasteiger partial charge on any atom is 0.257 e. The van der Waals surface area contributed by atoms with Gasteiger partial charge in [-0.05, 0) is 60.9 Å². The highest BCUT2D eigenvalue weighted by atomic mass is 35.5. The maximum atomic E-state index is 13.5. The van der Waals surface area contributed by atoms with Crippen LogP contribution in [0.3, 0.4) is 0 Å². The predicted octanol–water partition coefficient (Wildman–Crippen LogP) is 3.26. The molecule has 0 spiro atoms. The van der Waals surface area contributed by atoms with Crippen LogP contribution in [0, 0.1) is 18.8 Å². The van der Waals surface area contributed by atoms with Crippen molar-refractivity contribution in [2.24, 2.45) is 17.6 Å². The van der Waals surface area contributed by atoms with Gasteiger partial charge in [0.05, 0.1) is 5.56 Å². The third kappa shape index (κ3) is 4.51. The first-order valence-electron chi connectivity index (χ1n) is 12.2. The molecule has 3 unspecified atom stereocenters. The molecule has 3 fully saturated rings. The fraction of sp³-hybridized carbons (Fsp3) is 0.500. The number of nitrogens with two attached hydrogens (primary N) is 1. The lowest BCUT2D eigenvalue weighted by atomic mass is 10.0. The Morgan fingerprint density at radius 2 is 1.82 bits per heavy atom. The second-order valence-corrected chi connectivity index (χ2v) is 10.4. The van der Waals surface area contributed by atoms with Crippen molar-refractivity contribution in [2.75, 3.05) is 44.2 Å². The van der Waals surface area contributed by atoms with Crippen LogP contribution in [0.5, 0.6) is 0 Å². The normalized spacial score (nSPS) is 23.4. The number of aromatic nitrogens is 1. The van der Waals surface area contributed by atoms with Gasteiger partial charge in [0.1, 0.15) is 5.82 Å². The van der Waals surface area contributed by atoms with Crippen LogP contribution < -0.4 is 10.6 Å². The Kier molecular flexibility index (Phi) is 6.49. The summed E-state index contributed by atoms with van der Waals surface area (Å²) in [7, 11) is 0. The highest BCUT2D eigenvalue weighted by molar-refractivity contribution is 6.31. The van der Waals surface area contributed by atoms with Gasteiger partial charge in [0.2, 0.25) is 5.91 Å². The van der Waals surface area contributed by atoms with Crippen molar-refractivity contribution >= 4 is 29.2 Å². The van der Waals surface area contributed by atoms with Crippen LogP contribution in [0.4, 0.5) is 5.82 Å². The number of fused-ring (bicyclic) bond motifs is 1. The lowest BCUT2D eigenvalue weighted by Gasteiger charge is -2.30. The number of amides is 2. The Morgan fingerprint density at radius 3 is 2.47 bits per heavy atom. The average molecular weight is 482 g/mol. The number of carbonyl (C=O) groups is 2. The number of halogens is 1. The van der Waals surface area contributed by atoms with E-state index in [-0.39, 0.29) is 24.3 Å². The molecule has 4 heterocycles. The summed E-state index contributed by atoms with van der Waals surface area (Å²) in [5, 5.41) is 0.702. The largest absolute Gasteiger partial charge is 0.370 e. The molecule has 3 atom stereocenters. The number of carbonyl (C=O) groups excluding carboxylic acids is 2. The fourth-order valence-electron chi connectivity index (χ4n) is 5.83. The molecule has 2 aromatic rings. The number of nitrogens with zero attached hydrogens (tertiary/aromatic N) is 4. The molecule has 3 aliphatic rings.